The lowest BCUT2D eigenvalue weighted by molar-refractivity contribution is 0.102. The van der Waals surface area contributed by atoms with Crippen molar-refractivity contribution in [1.29, 1.82) is 0 Å². The fourth-order valence-corrected chi connectivity index (χ4v) is 2.16. The number of nitrogens with zero attached hydrogens (tertiary/aromatic N) is 1. The zero-order valence-electron chi connectivity index (χ0n) is 9.77. The summed E-state index contributed by atoms with van der Waals surface area (Å²) in [5.41, 5.74) is 0.400. The molecule has 0 aliphatic heterocycles. The molecule has 0 bridgehead atoms. The summed E-state index contributed by atoms with van der Waals surface area (Å²) in [6, 6.07) is 2.30. The Morgan fingerprint density at radius 3 is 2.72 bits per heavy atom. The van der Waals surface area contributed by atoms with Gasteiger partial charge in [-0.05, 0) is 13.8 Å². The van der Waals surface area contributed by atoms with Crippen LogP contribution in [0.4, 0.5) is 5.13 Å². The van der Waals surface area contributed by atoms with Gasteiger partial charge in [0.25, 0.3) is 11.5 Å². The molecule has 2 aromatic rings. The molecule has 0 aromatic carbocycles. The van der Waals surface area contributed by atoms with Gasteiger partial charge in [0.05, 0.1) is 11.3 Å². The molecule has 94 valence electrons. The van der Waals surface area contributed by atoms with Crippen LogP contribution in [-0.2, 0) is 0 Å². The molecule has 0 spiro atoms. The predicted octanol–water partition coefficient (Wildman–Crippen LogP) is 1.41. The summed E-state index contributed by atoms with van der Waals surface area (Å²) in [4.78, 5) is 30.3. The average Bonchev–Trinajstić information content (AvgIpc) is 2.56. The van der Waals surface area contributed by atoms with Gasteiger partial charge in [0, 0.05) is 17.0 Å². The number of thiazole rings is 1. The largest absolute Gasteiger partial charge is 0.494 e. The number of carbonyl (C=O) groups is 1. The quantitative estimate of drug-likeness (QED) is 0.765. The fourth-order valence-electron chi connectivity index (χ4n) is 1.36. The minimum atomic E-state index is -0.536. The van der Waals surface area contributed by atoms with Crippen LogP contribution in [0.3, 0.4) is 0 Å². The van der Waals surface area contributed by atoms with Crippen molar-refractivity contribution in [2.45, 2.75) is 13.8 Å². The first kappa shape index (κ1) is 12.3. The Morgan fingerprint density at radius 2 is 2.17 bits per heavy atom. The second kappa shape index (κ2) is 4.61. The summed E-state index contributed by atoms with van der Waals surface area (Å²) in [7, 11) is 0. The second-order valence-electron chi connectivity index (χ2n) is 3.73. The van der Waals surface area contributed by atoms with Crippen molar-refractivity contribution in [3.8, 4) is 5.88 Å². The lowest BCUT2D eigenvalue weighted by atomic mass is 10.2. The number of aromatic nitrogens is 2. The molecule has 3 N–H and O–H groups in total. The zero-order chi connectivity index (χ0) is 13.3. The number of aromatic amines is 1. The van der Waals surface area contributed by atoms with Crippen LogP contribution in [0, 0.1) is 13.8 Å². The van der Waals surface area contributed by atoms with E-state index in [9.17, 15) is 14.7 Å². The molecular weight excluding hydrogens is 254 g/mol. The molecule has 0 fully saturated rings. The number of carbonyl (C=O) groups excluding carboxylic acids is 1. The third kappa shape index (κ3) is 2.57. The maximum atomic E-state index is 11.8. The summed E-state index contributed by atoms with van der Waals surface area (Å²) in [5, 5.41) is 12.3. The van der Waals surface area contributed by atoms with E-state index in [1.165, 1.54) is 17.4 Å². The topological polar surface area (TPSA) is 95.1 Å². The van der Waals surface area contributed by atoms with Crippen molar-refractivity contribution >= 4 is 22.4 Å². The molecule has 6 nitrogen and oxygen atoms in total. The number of rotatable bonds is 2. The van der Waals surface area contributed by atoms with Crippen molar-refractivity contribution in [3.05, 3.63) is 38.6 Å². The van der Waals surface area contributed by atoms with Crippen LogP contribution in [0.1, 0.15) is 20.9 Å². The van der Waals surface area contributed by atoms with E-state index >= 15 is 0 Å². The molecule has 0 atom stereocenters. The molecule has 2 heterocycles. The second-order valence-corrected chi connectivity index (χ2v) is 4.94. The standard InChI is InChI=1S/C11H11N3O3S/c1-5-6(2)18-11(12-5)14-10(17)7-3-8(15)13-9(16)4-7/h3-4H,1-2H3,(H,12,14,17)(H2,13,15,16). The Hall–Kier alpha value is -2.15. The number of aromatic hydroxyl groups is 1. The number of pyridine rings is 1. The van der Waals surface area contributed by atoms with Gasteiger partial charge in [0.15, 0.2) is 11.0 Å². The minimum absolute atomic E-state index is 0.0850. The van der Waals surface area contributed by atoms with Crippen molar-refractivity contribution in [1.82, 2.24) is 9.97 Å². The van der Waals surface area contributed by atoms with Gasteiger partial charge in [-0.15, -0.1) is 11.3 Å². The predicted molar refractivity (Wildman–Crippen MR) is 68.3 cm³/mol. The number of nitrogens with one attached hydrogen (secondary N) is 2. The minimum Gasteiger partial charge on any atom is -0.494 e. The summed E-state index contributed by atoms with van der Waals surface area (Å²) >= 11 is 1.35. The van der Waals surface area contributed by atoms with E-state index in [1.807, 2.05) is 13.8 Å². The third-order valence-electron chi connectivity index (χ3n) is 2.34. The monoisotopic (exact) mass is 265 g/mol. The van der Waals surface area contributed by atoms with Crippen LogP contribution in [0.2, 0.25) is 0 Å². The van der Waals surface area contributed by atoms with Crippen molar-refractivity contribution in [3.63, 3.8) is 0 Å². The molecular formula is C11H11N3O3S. The van der Waals surface area contributed by atoms with Gasteiger partial charge < -0.3 is 5.11 Å². The number of anilines is 1. The first-order valence-electron chi connectivity index (χ1n) is 5.14. The Kier molecular flexibility index (Phi) is 3.15. The fraction of sp³-hybridized carbons (Fsp3) is 0.182. The van der Waals surface area contributed by atoms with Crippen molar-refractivity contribution in [2.24, 2.45) is 0 Å². The Bertz CT molecular complexity index is 640. The first-order chi connectivity index (χ1) is 8.45. The third-order valence-corrected chi connectivity index (χ3v) is 3.33. The maximum Gasteiger partial charge on any atom is 0.257 e. The first-order valence-corrected chi connectivity index (χ1v) is 5.96. The van der Waals surface area contributed by atoms with Crippen LogP contribution in [0.5, 0.6) is 5.88 Å². The van der Waals surface area contributed by atoms with Crippen LogP contribution in [0.15, 0.2) is 16.9 Å². The van der Waals surface area contributed by atoms with E-state index in [0.717, 1.165) is 16.6 Å². The Morgan fingerprint density at radius 1 is 1.44 bits per heavy atom. The van der Waals surface area contributed by atoms with Crippen LogP contribution in [-0.4, -0.2) is 21.0 Å². The zero-order valence-corrected chi connectivity index (χ0v) is 10.6. The number of aryl methyl sites for hydroxylation is 2. The van der Waals surface area contributed by atoms with Gasteiger partial charge >= 0.3 is 0 Å². The highest BCUT2D eigenvalue weighted by molar-refractivity contribution is 7.15. The molecule has 0 saturated heterocycles. The molecule has 7 heteroatoms. The van der Waals surface area contributed by atoms with Crippen LogP contribution in [0.25, 0.3) is 0 Å². The van der Waals surface area contributed by atoms with Gasteiger partial charge in [0.2, 0.25) is 0 Å². The van der Waals surface area contributed by atoms with Gasteiger partial charge in [-0.1, -0.05) is 0 Å². The van der Waals surface area contributed by atoms with Crippen molar-refractivity contribution in [2.75, 3.05) is 5.32 Å². The molecule has 2 aromatic heterocycles. The van der Waals surface area contributed by atoms with E-state index < -0.39 is 11.5 Å². The summed E-state index contributed by atoms with van der Waals surface area (Å²) < 4.78 is 0. The van der Waals surface area contributed by atoms with E-state index in [0.29, 0.717) is 5.13 Å². The van der Waals surface area contributed by atoms with Gasteiger partial charge in [-0.25, -0.2) is 4.98 Å². The Balaban J connectivity index is 2.24. The highest BCUT2D eigenvalue weighted by atomic mass is 32.1. The Labute approximate surface area is 106 Å². The normalized spacial score (nSPS) is 10.3. The van der Waals surface area contributed by atoms with E-state index in [-0.39, 0.29) is 11.4 Å². The number of H-pyrrole nitrogens is 1. The lowest BCUT2D eigenvalue weighted by Crippen LogP contribution is -2.15. The number of hydrogen-bond acceptors (Lipinski definition) is 5. The summed E-state index contributed by atoms with van der Waals surface area (Å²) in [6.07, 6.45) is 0. The molecule has 0 radical (unpaired) electrons. The van der Waals surface area contributed by atoms with E-state index in [2.05, 4.69) is 15.3 Å². The summed E-state index contributed by atoms with van der Waals surface area (Å²) in [6.45, 7) is 3.75. The summed E-state index contributed by atoms with van der Waals surface area (Å²) in [5.74, 6) is -0.829. The molecule has 18 heavy (non-hydrogen) atoms. The lowest BCUT2D eigenvalue weighted by Gasteiger charge is -2.01. The van der Waals surface area contributed by atoms with Crippen LogP contribution >= 0.6 is 11.3 Å². The van der Waals surface area contributed by atoms with Crippen LogP contribution < -0.4 is 10.9 Å². The molecule has 0 unspecified atom stereocenters. The highest BCUT2D eigenvalue weighted by Crippen LogP contribution is 2.21. The van der Waals surface area contributed by atoms with Gasteiger partial charge in [0.1, 0.15) is 0 Å². The van der Waals surface area contributed by atoms with E-state index in [4.69, 9.17) is 0 Å². The molecule has 0 aliphatic rings. The average molecular weight is 265 g/mol. The number of amides is 1. The molecule has 0 saturated carbocycles. The highest BCUT2D eigenvalue weighted by Gasteiger charge is 2.11. The molecule has 1 amide bonds. The van der Waals surface area contributed by atoms with Gasteiger partial charge in [-0.3, -0.25) is 19.9 Å². The molecule has 2 rings (SSSR count). The number of hydrogen-bond donors (Lipinski definition) is 3. The SMILES string of the molecule is Cc1nc(NC(=O)c2cc(O)[nH]c(=O)c2)sc1C. The van der Waals surface area contributed by atoms with Gasteiger partial charge in [-0.2, -0.15) is 0 Å². The smallest absolute Gasteiger partial charge is 0.257 e. The van der Waals surface area contributed by atoms with Crippen molar-refractivity contribution < 1.29 is 9.90 Å². The molecule has 0 aliphatic carbocycles. The van der Waals surface area contributed by atoms with E-state index in [1.54, 1.807) is 0 Å². The maximum absolute atomic E-state index is 11.8.